The lowest BCUT2D eigenvalue weighted by Gasteiger charge is -2.20. The summed E-state index contributed by atoms with van der Waals surface area (Å²) >= 11 is 1.77. The van der Waals surface area contributed by atoms with E-state index in [9.17, 15) is 0 Å². The van der Waals surface area contributed by atoms with Crippen LogP contribution in [0.4, 0.5) is 0 Å². The van der Waals surface area contributed by atoms with Crippen LogP contribution in [0.1, 0.15) is 12.8 Å². The van der Waals surface area contributed by atoms with Crippen molar-refractivity contribution in [1.29, 1.82) is 0 Å². The second-order valence-corrected chi connectivity index (χ2v) is 5.03. The van der Waals surface area contributed by atoms with Crippen molar-refractivity contribution in [3.63, 3.8) is 0 Å². The fourth-order valence-electron chi connectivity index (χ4n) is 1.80. The number of ether oxygens (including phenoxy) is 1. The summed E-state index contributed by atoms with van der Waals surface area (Å²) in [7, 11) is 0. The zero-order valence-corrected chi connectivity index (χ0v) is 9.57. The molecule has 0 radical (unpaired) electrons. The summed E-state index contributed by atoms with van der Waals surface area (Å²) in [6, 6.07) is 1.87. The van der Waals surface area contributed by atoms with Crippen molar-refractivity contribution >= 4 is 22.9 Å². The summed E-state index contributed by atoms with van der Waals surface area (Å²) in [6.07, 6.45) is 5.42. The molecule has 3 rings (SSSR count). The van der Waals surface area contributed by atoms with E-state index >= 15 is 0 Å². The van der Waals surface area contributed by atoms with Crippen LogP contribution < -0.4 is 0 Å². The zero-order valence-electron chi connectivity index (χ0n) is 8.76. The molecule has 1 aliphatic rings. The van der Waals surface area contributed by atoms with E-state index in [-0.39, 0.29) is 0 Å². The van der Waals surface area contributed by atoms with E-state index in [2.05, 4.69) is 9.97 Å². The van der Waals surface area contributed by atoms with Crippen LogP contribution >= 0.6 is 11.8 Å². The smallest absolute Gasteiger partial charge is 0.184 e. The molecular weight excluding hydrogens is 224 g/mol. The van der Waals surface area contributed by atoms with Gasteiger partial charge in [-0.2, -0.15) is 0 Å². The molecule has 1 saturated heterocycles. The summed E-state index contributed by atoms with van der Waals surface area (Å²) in [5.74, 6) is 0. The Morgan fingerprint density at radius 1 is 1.25 bits per heavy atom. The molecule has 0 atom stereocenters. The van der Waals surface area contributed by atoms with Crippen LogP contribution in [0.2, 0.25) is 0 Å². The van der Waals surface area contributed by atoms with Gasteiger partial charge in [-0.1, -0.05) is 11.8 Å². The van der Waals surface area contributed by atoms with Crippen molar-refractivity contribution in [2.24, 2.45) is 0 Å². The minimum absolute atomic E-state index is 0.581. The standard InChI is InChI=1S/C11H12N2O2S/c1-4-14-5-2-8(1)16-11-10-9(3-6-15-10)12-7-13-11/h3,6-8H,1-2,4-5H2. The maximum atomic E-state index is 5.41. The van der Waals surface area contributed by atoms with Crippen molar-refractivity contribution in [3.05, 3.63) is 18.7 Å². The van der Waals surface area contributed by atoms with Gasteiger partial charge in [-0.15, -0.1) is 0 Å². The predicted octanol–water partition coefficient (Wildman–Crippen LogP) is 2.49. The molecular formula is C11H12N2O2S. The average molecular weight is 236 g/mol. The molecule has 0 amide bonds. The third kappa shape index (κ3) is 1.92. The van der Waals surface area contributed by atoms with Gasteiger partial charge in [0.2, 0.25) is 0 Å². The summed E-state index contributed by atoms with van der Waals surface area (Å²) in [5, 5.41) is 1.53. The van der Waals surface area contributed by atoms with E-state index in [1.807, 2.05) is 6.07 Å². The lowest BCUT2D eigenvalue weighted by atomic mass is 10.2. The first kappa shape index (κ1) is 10.1. The minimum Gasteiger partial charge on any atom is -0.460 e. The summed E-state index contributed by atoms with van der Waals surface area (Å²) in [4.78, 5) is 8.44. The van der Waals surface area contributed by atoms with Gasteiger partial charge >= 0.3 is 0 Å². The van der Waals surface area contributed by atoms with E-state index in [0.717, 1.165) is 42.2 Å². The lowest BCUT2D eigenvalue weighted by molar-refractivity contribution is 0.1000. The molecule has 5 heteroatoms. The lowest BCUT2D eigenvalue weighted by Crippen LogP contribution is -2.17. The van der Waals surface area contributed by atoms with E-state index < -0.39 is 0 Å². The Bertz CT molecular complexity index is 480. The van der Waals surface area contributed by atoms with Crippen molar-refractivity contribution in [2.45, 2.75) is 23.1 Å². The summed E-state index contributed by atoms with van der Waals surface area (Å²) in [6.45, 7) is 1.70. The number of aromatic nitrogens is 2. The van der Waals surface area contributed by atoms with E-state index in [1.165, 1.54) is 0 Å². The van der Waals surface area contributed by atoms with Crippen molar-refractivity contribution < 1.29 is 9.15 Å². The van der Waals surface area contributed by atoms with E-state index in [4.69, 9.17) is 9.15 Å². The molecule has 0 saturated carbocycles. The quantitative estimate of drug-likeness (QED) is 0.750. The molecule has 1 aliphatic heterocycles. The molecule has 2 aromatic rings. The van der Waals surface area contributed by atoms with Gasteiger partial charge in [0.05, 0.1) is 6.26 Å². The zero-order chi connectivity index (χ0) is 10.8. The second kappa shape index (κ2) is 4.43. The maximum Gasteiger partial charge on any atom is 0.184 e. The predicted molar refractivity (Wildman–Crippen MR) is 61.5 cm³/mol. The van der Waals surface area contributed by atoms with Crippen LogP contribution in [-0.4, -0.2) is 28.4 Å². The number of fused-ring (bicyclic) bond motifs is 1. The number of thioether (sulfide) groups is 1. The number of hydrogen-bond acceptors (Lipinski definition) is 5. The summed E-state index contributed by atoms with van der Waals surface area (Å²) in [5.41, 5.74) is 1.68. The Balaban J connectivity index is 1.85. The van der Waals surface area contributed by atoms with Gasteiger partial charge in [-0.25, -0.2) is 9.97 Å². The Hall–Kier alpha value is -1.07. The molecule has 0 aromatic carbocycles. The molecule has 3 heterocycles. The summed E-state index contributed by atoms with van der Waals surface area (Å²) < 4.78 is 10.8. The largest absolute Gasteiger partial charge is 0.460 e. The minimum atomic E-state index is 0.581. The number of hydrogen-bond donors (Lipinski definition) is 0. The van der Waals surface area contributed by atoms with E-state index in [0.29, 0.717) is 5.25 Å². The topological polar surface area (TPSA) is 48.2 Å². The highest BCUT2D eigenvalue weighted by Crippen LogP contribution is 2.32. The van der Waals surface area contributed by atoms with Crippen LogP contribution in [0.15, 0.2) is 28.1 Å². The Morgan fingerprint density at radius 3 is 3.00 bits per heavy atom. The highest BCUT2D eigenvalue weighted by atomic mass is 32.2. The molecule has 1 fully saturated rings. The third-order valence-electron chi connectivity index (χ3n) is 2.66. The molecule has 0 aliphatic carbocycles. The molecule has 0 bridgehead atoms. The Kier molecular flexibility index (Phi) is 2.80. The first-order valence-corrected chi connectivity index (χ1v) is 6.24. The second-order valence-electron chi connectivity index (χ2n) is 3.74. The molecule has 0 spiro atoms. The highest BCUT2D eigenvalue weighted by Gasteiger charge is 2.18. The van der Waals surface area contributed by atoms with Gasteiger partial charge in [0, 0.05) is 24.5 Å². The van der Waals surface area contributed by atoms with E-state index in [1.54, 1.807) is 24.4 Å². The normalized spacial score (nSPS) is 18.0. The van der Waals surface area contributed by atoms with Crippen LogP contribution in [0, 0.1) is 0 Å². The maximum absolute atomic E-state index is 5.41. The van der Waals surface area contributed by atoms with Crippen LogP contribution in [0.25, 0.3) is 11.1 Å². The monoisotopic (exact) mass is 236 g/mol. The molecule has 4 nitrogen and oxygen atoms in total. The molecule has 16 heavy (non-hydrogen) atoms. The number of rotatable bonds is 2. The Morgan fingerprint density at radius 2 is 2.12 bits per heavy atom. The number of nitrogens with zero attached hydrogens (tertiary/aromatic N) is 2. The number of furan rings is 1. The van der Waals surface area contributed by atoms with Crippen molar-refractivity contribution in [3.8, 4) is 0 Å². The van der Waals surface area contributed by atoms with Crippen LogP contribution in [0.5, 0.6) is 0 Å². The molecule has 2 aromatic heterocycles. The van der Waals surface area contributed by atoms with Gasteiger partial charge in [0.25, 0.3) is 0 Å². The average Bonchev–Trinajstić information content (AvgIpc) is 2.80. The van der Waals surface area contributed by atoms with Gasteiger partial charge in [-0.3, -0.25) is 0 Å². The molecule has 0 N–H and O–H groups in total. The first-order valence-electron chi connectivity index (χ1n) is 5.36. The third-order valence-corrected chi connectivity index (χ3v) is 3.98. The first-order chi connectivity index (χ1) is 7.93. The molecule has 84 valence electrons. The van der Waals surface area contributed by atoms with Crippen LogP contribution in [-0.2, 0) is 4.74 Å². The molecule has 0 unspecified atom stereocenters. The van der Waals surface area contributed by atoms with Gasteiger partial charge in [-0.05, 0) is 12.8 Å². The fourth-order valence-corrected chi connectivity index (χ4v) is 2.91. The SMILES string of the molecule is c1nc(SC2CCOCC2)c2occc2n1. The Labute approximate surface area is 97.4 Å². The fraction of sp³-hybridized carbons (Fsp3) is 0.455. The van der Waals surface area contributed by atoms with Crippen LogP contribution in [0.3, 0.4) is 0 Å². The highest BCUT2D eigenvalue weighted by molar-refractivity contribution is 8.00. The van der Waals surface area contributed by atoms with Crippen molar-refractivity contribution in [2.75, 3.05) is 13.2 Å². The van der Waals surface area contributed by atoms with Gasteiger partial charge in [0.15, 0.2) is 5.58 Å². The van der Waals surface area contributed by atoms with Gasteiger partial charge < -0.3 is 9.15 Å². The van der Waals surface area contributed by atoms with Gasteiger partial charge in [0.1, 0.15) is 16.9 Å². The van der Waals surface area contributed by atoms with Crippen molar-refractivity contribution in [1.82, 2.24) is 9.97 Å².